The summed E-state index contributed by atoms with van der Waals surface area (Å²) in [6.07, 6.45) is 0.142. The van der Waals surface area contributed by atoms with Crippen LogP contribution in [0.3, 0.4) is 0 Å². The molecular weight excluding hydrogens is 300 g/mol. The summed E-state index contributed by atoms with van der Waals surface area (Å²) < 4.78 is 2.89. The summed E-state index contributed by atoms with van der Waals surface area (Å²) in [6.45, 7) is 4.00. The number of aliphatic hydroxyl groups is 1. The molecule has 0 saturated heterocycles. The van der Waals surface area contributed by atoms with E-state index in [1.54, 1.807) is 11.3 Å². The summed E-state index contributed by atoms with van der Waals surface area (Å²) in [5.74, 6) is 0. The lowest BCUT2D eigenvalue weighted by Crippen LogP contribution is -2.05. The van der Waals surface area contributed by atoms with Crippen LogP contribution in [0.2, 0.25) is 0 Å². The molecule has 17 heavy (non-hydrogen) atoms. The molecule has 0 radical (unpaired) electrons. The zero-order valence-corrected chi connectivity index (χ0v) is 12.5. The number of aryl methyl sites for hydroxylation is 3. The van der Waals surface area contributed by atoms with Gasteiger partial charge < -0.3 is 5.11 Å². The van der Waals surface area contributed by atoms with Gasteiger partial charge in [-0.3, -0.25) is 4.68 Å². The zero-order chi connectivity index (χ0) is 12.6. The molecule has 0 spiro atoms. The van der Waals surface area contributed by atoms with E-state index in [9.17, 15) is 5.11 Å². The Hall–Kier alpha value is -0.650. The van der Waals surface area contributed by atoms with Crippen LogP contribution in [0.1, 0.15) is 27.2 Å². The van der Waals surface area contributed by atoms with Crippen LogP contribution in [0.15, 0.2) is 16.6 Å². The molecule has 0 aliphatic carbocycles. The van der Waals surface area contributed by atoms with Crippen molar-refractivity contribution < 1.29 is 5.11 Å². The summed E-state index contributed by atoms with van der Waals surface area (Å²) >= 11 is 5.10. The highest BCUT2D eigenvalue weighted by Crippen LogP contribution is 2.32. The molecule has 0 amide bonds. The van der Waals surface area contributed by atoms with Crippen molar-refractivity contribution in [3.8, 4) is 0 Å². The molecule has 1 unspecified atom stereocenters. The van der Waals surface area contributed by atoms with Gasteiger partial charge in [-0.25, -0.2) is 0 Å². The smallest absolute Gasteiger partial charge is 0.0937 e. The fraction of sp³-hybridized carbons (Fsp3) is 0.417. The lowest BCUT2D eigenvalue weighted by molar-refractivity contribution is 0.179. The van der Waals surface area contributed by atoms with Crippen molar-refractivity contribution in [2.45, 2.75) is 26.4 Å². The largest absolute Gasteiger partial charge is 0.387 e. The number of hydrogen-bond acceptors (Lipinski definition) is 3. The normalized spacial score (nSPS) is 13.0. The Morgan fingerprint density at radius 1 is 1.47 bits per heavy atom. The van der Waals surface area contributed by atoms with Gasteiger partial charge in [0.2, 0.25) is 0 Å². The van der Waals surface area contributed by atoms with Crippen molar-refractivity contribution in [1.29, 1.82) is 0 Å². The third kappa shape index (κ3) is 2.78. The summed E-state index contributed by atoms with van der Waals surface area (Å²) in [6, 6.07) is 4.01. The summed E-state index contributed by atoms with van der Waals surface area (Å²) in [5, 5.41) is 14.5. The molecule has 2 aromatic heterocycles. The van der Waals surface area contributed by atoms with Crippen LogP contribution in [0.5, 0.6) is 0 Å². The molecule has 1 atom stereocenters. The quantitative estimate of drug-likeness (QED) is 0.945. The number of nitrogens with zero attached hydrogens (tertiary/aromatic N) is 2. The topological polar surface area (TPSA) is 38.0 Å². The molecule has 0 bridgehead atoms. The first-order valence-corrected chi connectivity index (χ1v) is 7.01. The van der Waals surface area contributed by atoms with Crippen molar-refractivity contribution in [3.63, 3.8) is 0 Å². The predicted molar refractivity (Wildman–Crippen MR) is 73.4 cm³/mol. The summed E-state index contributed by atoms with van der Waals surface area (Å²) in [5.41, 5.74) is 2.04. The summed E-state index contributed by atoms with van der Waals surface area (Å²) in [4.78, 5) is 2.19. The van der Waals surface area contributed by atoms with Crippen molar-refractivity contribution >= 4 is 27.3 Å². The van der Waals surface area contributed by atoms with Crippen LogP contribution in [0.4, 0.5) is 0 Å². The highest BCUT2D eigenvalue weighted by molar-refractivity contribution is 9.10. The number of aromatic nitrogens is 2. The maximum Gasteiger partial charge on any atom is 0.0937 e. The van der Waals surface area contributed by atoms with E-state index in [4.69, 9.17) is 0 Å². The first-order chi connectivity index (χ1) is 7.97. The van der Waals surface area contributed by atoms with E-state index in [2.05, 4.69) is 21.0 Å². The minimum atomic E-state index is -0.459. The van der Waals surface area contributed by atoms with Gasteiger partial charge in [-0.1, -0.05) is 0 Å². The molecular formula is C12H15BrN2OS. The Bertz CT molecular complexity index is 513. The Balaban J connectivity index is 2.16. The van der Waals surface area contributed by atoms with E-state index in [1.807, 2.05) is 37.7 Å². The standard InChI is InChI=1S/C12H15BrN2OS/c1-7-4-9(15(3)14-7)5-11(16)12-6-10(13)8(2)17-12/h4,6,11,16H,5H2,1-3H3. The number of hydrogen-bond donors (Lipinski definition) is 1. The SMILES string of the molecule is Cc1cc(CC(O)c2cc(Br)c(C)s2)n(C)n1. The van der Waals surface area contributed by atoms with Crippen molar-refractivity contribution in [2.24, 2.45) is 7.05 Å². The van der Waals surface area contributed by atoms with Gasteiger partial charge in [-0.2, -0.15) is 5.10 Å². The van der Waals surface area contributed by atoms with Gasteiger partial charge in [-0.15, -0.1) is 11.3 Å². The second-order valence-electron chi connectivity index (χ2n) is 4.17. The third-order valence-electron chi connectivity index (χ3n) is 2.71. The van der Waals surface area contributed by atoms with Gasteiger partial charge in [0.1, 0.15) is 0 Å². The molecule has 0 aliphatic rings. The van der Waals surface area contributed by atoms with Gasteiger partial charge in [0.15, 0.2) is 0 Å². The van der Waals surface area contributed by atoms with E-state index < -0.39 is 6.10 Å². The molecule has 0 aliphatic heterocycles. The highest BCUT2D eigenvalue weighted by Gasteiger charge is 2.15. The molecule has 3 nitrogen and oxygen atoms in total. The van der Waals surface area contributed by atoms with Gasteiger partial charge in [-0.05, 0) is 41.9 Å². The van der Waals surface area contributed by atoms with Crippen molar-refractivity contribution in [2.75, 3.05) is 0 Å². The Morgan fingerprint density at radius 3 is 2.65 bits per heavy atom. The van der Waals surface area contributed by atoms with Crippen LogP contribution < -0.4 is 0 Å². The van der Waals surface area contributed by atoms with E-state index in [0.29, 0.717) is 6.42 Å². The zero-order valence-electron chi connectivity index (χ0n) is 10.1. The first kappa shape index (κ1) is 12.8. The van der Waals surface area contributed by atoms with Crippen molar-refractivity contribution in [3.05, 3.63) is 37.7 Å². The van der Waals surface area contributed by atoms with Crippen LogP contribution in [-0.4, -0.2) is 14.9 Å². The lowest BCUT2D eigenvalue weighted by Gasteiger charge is -2.08. The molecule has 0 fully saturated rings. The van der Waals surface area contributed by atoms with E-state index in [0.717, 1.165) is 20.7 Å². The molecule has 0 aromatic carbocycles. The second kappa shape index (κ2) is 4.92. The van der Waals surface area contributed by atoms with Crippen LogP contribution >= 0.6 is 27.3 Å². The monoisotopic (exact) mass is 314 g/mol. The van der Waals surface area contributed by atoms with Gasteiger partial charge in [0, 0.05) is 33.4 Å². The second-order valence-corrected chi connectivity index (χ2v) is 6.32. The average Bonchev–Trinajstić information content (AvgIpc) is 2.72. The van der Waals surface area contributed by atoms with Crippen LogP contribution in [0, 0.1) is 13.8 Å². The Labute approximate surface area is 113 Å². The van der Waals surface area contributed by atoms with Crippen molar-refractivity contribution in [1.82, 2.24) is 9.78 Å². The number of rotatable bonds is 3. The van der Waals surface area contributed by atoms with E-state index in [1.165, 1.54) is 4.88 Å². The third-order valence-corrected chi connectivity index (χ3v) is 4.94. The fourth-order valence-electron chi connectivity index (χ4n) is 1.80. The molecule has 1 N–H and O–H groups in total. The molecule has 5 heteroatoms. The first-order valence-electron chi connectivity index (χ1n) is 5.41. The Morgan fingerprint density at radius 2 is 2.18 bits per heavy atom. The van der Waals surface area contributed by atoms with Crippen LogP contribution in [0.25, 0.3) is 0 Å². The fourth-order valence-corrected chi connectivity index (χ4v) is 3.35. The number of halogens is 1. The minimum Gasteiger partial charge on any atom is -0.387 e. The molecule has 2 aromatic rings. The molecule has 2 rings (SSSR count). The number of thiophene rings is 1. The minimum absolute atomic E-state index is 0.459. The Kier molecular flexibility index (Phi) is 3.70. The molecule has 2 heterocycles. The number of aliphatic hydroxyl groups excluding tert-OH is 1. The lowest BCUT2D eigenvalue weighted by atomic mass is 10.1. The molecule has 0 saturated carbocycles. The van der Waals surface area contributed by atoms with E-state index >= 15 is 0 Å². The van der Waals surface area contributed by atoms with Crippen LogP contribution in [-0.2, 0) is 13.5 Å². The van der Waals surface area contributed by atoms with E-state index in [-0.39, 0.29) is 0 Å². The van der Waals surface area contributed by atoms with Gasteiger partial charge in [0.05, 0.1) is 11.8 Å². The van der Waals surface area contributed by atoms with Gasteiger partial charge in [0.25, 0.3) is 0 Å². The maximum absolute atomic E-state index is 10.2. The van der Waals surface area contributed by atoms with Gasteiger partial charge >= 0.3 is 0 Å². The predicted octanol–water partition coefficient (Wildman–Crippen LogP) is 3.14. The molecule has 92 valence electrons. The highest BCUT2D eigenvalue weighted by atomic mass is 79.9. The maximum atomic E-state index is 10.2. The average molecular weight is 315 g/mol. The summed E-state index contributed by atoms with van der Waals surface area (Å²) in [7, 11) is 1.91.